The van der Waals surface area contributed by atoms with E-state index in [4.69, 9.17) is 5.11 Å². The summed E-state index contributed by atoms with van der Waals surface area (Å²) < 4.78 is 0. The predicted molar refractivity (Wildman–Crippen MR) is 87.7 cm³/mol. The lowest BCUT2D eigenvalue weighted by Gasteiger charge is -2.12. The van der Waals surface area contributed by atoms with Crippen LogP contribution in [0.5, 0.6) is 0 Å². The van der Waals surface area contributed by atoms with Gasteiger partial charge in [-0.3, -0.25) is 9.78 Å². The molecule has 1 unspecified atom stereocenters. The topological polar surface area (TPSA) is 53.4 Å². The Bertz CT molecular complexity index is 636. The SMILES string of the molecule is CC(CC(=O)O)c1cncc(-c2ccc(CN(C)C)cc2)c1. The molecule has 0 bridgehead atoms. The molecule has 0 radical (unpaired) electrons. The molecule has 0 saturated carbocycles. The molecule has 1 atom stereocenters. The molecular formula is C18H22N2O2. The maximum Gasteiger partial charge on any atom is 0.303 e. The van der Waals surface area contributed by atoms with Gasteiger partial charge in [-0.25, -0.2) is 0 Å². The van der Waals surface area contributed by atoms with Crippen LogP contribution < -0.4 is 0 Å². The van der Waals surface area contributed by atoms with Gasteiger partial charge in [-0.2, -0.15) is 0 Å². The lowest BCUT2D eigenvalue weighted by atomic mass is 9.96. The third-order valence-electron chi connectivity index (χ3n) is 3.60. The summed E-state index contributed by atoms with van der Waals surface area (Å²) in [5, 5.41) is 8.91. The summed E-state index contributed by atoms with van der Waals surface area (Å²) in [5.41, 5.74) is 4.33. The van der Waals surface area contributed by atoms with Crippen molar-refractivity contribution in [3.05, 3.63) is 53.9 Å². The average Bonchev–Trinajstić information content (AvgIpc) is 2.47. The number of aromatic nitrogens is 1. The van der Waals surface area contributed by atoms with Crippen LogP contribution in [0.25, 0.3) is 11.1 Å². The van der Waals surface area contributed by atoms with Crippen LogP contribution in [0.3, 0.4) is 0 Å². The number of aliphatic carboxylic acids is 1. The molecule has 1 heterocycles. The quantitative estimate of drug-likeness (QED) is 0.888. The van der Waals surface area contributed by atoms with Gasteiger partial charge in [0.15, 0.2) is 0 Å². The molecule has 0 fully saturated rings. The molecule has 0 aliphatic rings. The minimum Gasteiger partial charge on any atom is -0.481 e. The van der Waals surface area contributed by atoms with E-state index in [2.05, 4.69) is 34.1 Å². The van der Waals surface area contributed by atoms with Crippen molar-refractivity contribution in [2.75, 3.05) is 14.1 Å². The summed E-state index contributed by atoms with van der Waals surface area (Å²) in [6.07, 6.45) is 3.68. The monoisotopic (exact) mass is 298 g/mol. The maximum atomic E-state index is 10.8. The van der Waals surface area contributed by atoms with Gasteiger partial charge in [0.05, 0.1) is 6.42 Å². The van der Waals surface area contributed by atoms with Crippen molar-refractivity contribution < 1.29 is 9.90 Å². The van der Waals surface area contributed by atoms with E-state index < -0.39 is 5.97 Å². The Morgan fingerprint density at radius 3 is 2.45 bits per heavy atom. The summed E-state index contributed by atoms with van der Waals surface area (Å²) in [5.74, 6) is -0.830. The van der Waals surface area contributed by atoms with E-state index >= 15 is 0 Å². The molecule has 1 aromatic heterocycles. The second-order valence-corrected chi connectivity index (χ2v) is 5.94. The number of nitrogens with zero attached hydrogens (tertiary/aromatic N) is 2. The van der Waals surface area contributed by atoms with Gasteiger partial charge in [0.25, 0.3) is 0 Å². The first-order valence-corrected chi connectivity index (χ1v) is 7.36. The van der Waals surface area contributed by atoms with Crippen LogP contribution in [-0.2, 0) is 11.3 Å². The van der Waals surface area contributed by atoms with Crippen LogP contribution >= 0.6 is 0 Å². The van der Waals surface area contributed by atoms with Gasteiger partial charge < -0.3 is 10.0 Å². The Hall–Kier alpha value is -2.20. The molecule has 1 aromatic carbocycles. The Kier molecular flexibility index (Phi) is 5.28. The number of pyridine rings is 1. The fourth-order valence-electron chi connectivity index (χ4n) is 2.43. The van der Waals surface area contributed by atoms with Crippen molar-refractivity contribution in [1.29, 1.82) is 0 Å². The second-order valence-electron chi connectivity index (χ2n) is 5.94. The second kappa shape index (κ2) is 7.18. The lowest BCUT2D eigenvalue weighted by molar-refractivity contribution is -0.137. The standard InChI is InChI=1S/C18H22N2O2/c1-13(8-18(21)22)16-9-17(11-19-10-16)15-6-4-14(5-7-15)12-20(2)3/h4-7,9-11,13H,8,12H2,1-3H3,(H,21,22). The maximum absolute atomic E-state index is 10.8. The molecule has 2 aromatic rings. The van der Waals surface area contributed by atoms with E-state index in [0.29, 0.717) is 0 Å². The molecule has 22 heavy (non-hydrogen) atoms. The van der Waals surface area contributed by atoms with Gasteiger partial charge in [0.1, 0.15) is 0 Å². The van der Waals surface area contributed by atoms with Crippen molar-refractivity contribution in [2.45, 2.75) is 25.8 Å². The largest absolute Gasteiger partial charge is 0.481 e. The molecule has 0 saturated heterocycles. The van der Waals surface area contributed by atoms with Crippen LogP contribution in [0.2, 0.25) is 0 Å². The highest BCUT2D eigenvalue weighted by atomic mass is 16.4. The summed E-state index contributed by atoms with van der Waals surface area (Å²) in [6, 6.07) is 10.4. The van der Waals surface area contributed by atoms with Crippen molar-refractivity contribution in [2.24, 2.45) is 0 Å². The van der Waals surface area contributed by atoms with Crippen LogP contribution in [0, 0.1) is 0 Å². The molecule has 0 aliphatic heterocycles. The van der Waals surface area contributed by atoms with Gasteiger partial charge in [0, 0.05) is 24.5 Å². The summed E-state index contributed by atoms with van der Waals surface area (Å²) >= 11 is 0. The molecular weight excluding hydrogens is 276 g/mol. The minimum atomic E-state index is -0.786. The number of hydrogen-bond donors (Lipinski definition) is 1. The van der Waals surface area contributed by atoms with E-state index in [1.807, 2.05) is 33.3 Å². The van der Waals surface area contributed by atoms with Gasteiger partial charge in [-0.05, 0) is 42.8 Å². The average molecular weight is 298 g/mol. The number of benzene rings is 1. The fourth-order valence-corrected chi connectivity index (χ4v) is 2.43. The molecule has 1 N–H and O–H groups in total. The lowest BCUT2D eigenvalue weighted by Crippen LogP contribution is -2.10. The molecule has 116 valence electrons. The Morgan fingerprint density at radius 1 is 1.18 bits per heavy atom. The van der Waals surface area contributed by atoms with E-state index in [0.717, 1.165) is 23.2 Å². The Morgan fingerprint density at radius 2 is 1.86 bits per heavy atom. The molecule has 2 rings (SSSR count). The zero-order valence-electron chi connectivity index (χ0n) is 13.3. The predicted octanol–water partition coefficient (Wildman–Crippen LogP) is 3.39. The van der Waals surface area contributed by atoms with E-state index in [1.54, 1.807) is 6.20 Å². The van der Waals surface area contributed by atoms with Gasteiger partial charge in [-0.15, -0.1) is 0 Å². The van der Waals surface area contributed by atoms with Crippen LogP contribution in [0.4, 0.5) is 0 Å². The van der Waals surface area contributed by atoms with E-state index in [-0.39, 0.29) is 12.3 Å². The van der Waals surface area contributed by atoms with E-state index in [1.165, 1.54) is 5.56 Å². The molecule has 4 nitrogen and oxygen atoms in total. The van der Waals surface area contributed by atoms with Crippen LogP contribution in [-0.4, -0.2) is 35.1 Å². The van der Waals surface area contributed by atoms with Gasteiger partial charge >= 0.3 is 5.97 Å². The third kappa shape index (κ3) is 4.40. The van der Waals surface area contributed by atoms with Gasteiger partial charge in [-0.1, -0.05) is 31.2 Å². The first kappa shape index (κ1) is 16.2. The summed E-state index contributed by atoms with van der Waals surface area (Å²) in [6.45, 7) is 2.82. The van der Waals surface area contributed by atoms with E-state index in [9.17, 15) is 4.79 Å². The molecule has 0 aliphatic carbocycles. The summed E-state index contributed by atoms with van der Waals surface area (Å²) in [4.78, 5) is 17.2. The number of rotatable bonds is 6. The first-order chi connectivity index (χ1) is 10.5. The Balaban J connectivity index is 2.20. The zero-order valence-corrected chi connectivity index (χ0v) is 13.3. The van der Waals surface area contributed by atoms with Crippen molar-refractivity contribution in [1.82, 2.24) is 9.88 Å². The Labute approximate surface area is 131 Å². The van der Waals surface area contributed by atoms with Crippen LogP contribution in [0.15, 0.2) is 42.7 Å². The number of hydrogen-bond acceptors (Lipinski definition) is 3. The molecule has 0 spiro atoms. The number of carboxylic acids is 1. The highest BCUT2D eigenvalue weighted by Crippen LogP contribution is 2.25. The number of carboxylic acid groups (broad SMARTS) is 1. The number of carbonyl (C=O) groups is 1. The van der Waals surface area contributed by atoms with Crippen LogP contribution in [0.1, 0.15) is 30.4 Å². The van der Waals surface area contributed by atoms with Crippen molar-refractivity contribution >= 4 is 5.97 Å². The molecule has 0 amide bonds. The third-order valence-corrected chi connectivity index (χ3v) is 3.60. The fraction of sp³-hybridized carbons (Fsp3) is 0.333. The normalized spacial score (nSPS) is 12.4. The zero-order chi connectivity index (χ0) is 16.1. The molecule has 4 heteroatoms. The summed E-state index contributed by atoms with van der Waals surface area (Å²) in [7, 11) is 4.09. The van der Waals surface area contributed by atoms with Crippen molar-refractivity contribution in [3.8, 4) is 11.1 Å². The smallest absolute Gasteiger partial charge is 0.303 e. The van der Waals surface area contributed by atoms with Gasteiger partial charge in [0.2, 0.25) is 0 Å². The highest BCUT2D eigenvalue weighted by Gasteiger charge is 2.11. The first-order valence-electron chi connectivity index (χ1n) is 7.36. The highest BCUT2D eigenvalue weighted by molar-refractivity contribution is 5.68. The van der Waals surface area contributed by atoms with Crippen molar-refractivity contribution in [3.63, 3.8) is 0 Å². The minimum absolute atomic E-state index is 0.0436.